The highest BCUT2D eigenvalue weighted by molar-refractivity contribution is 7.99. The minimum atomic E-state index is 0.772. The molecule has 2 aromatic heterocycles. The fourth-order valence-electron chi connectivity index (χ4n) is 1.20. The minimum Gasteiger partial charge on any atom is -0.330 e. The van der Waals surface area contributed by atoms with E-state index in [-0.39, 0.29) is 0 Å². The third kappa shape index (κ3) is 1.39. The lowest BCUT2D eigenvalue weighted by atomic mass is 10.5. The van der Waals surface area contributed by atoms with E-state index in [0.717, 1.165) is 21.9 Å². The zero-order valence-electron chi connectivity index (χ0n) is 7.56. The second kappa shape index (κ2) is 3.33. The van der Waals surface area contributed by atoms with Gasteiger partial charge in [0.25, 0.3) is 0 Å². The topological polar surface area (TPSA) is 43.6 Å². The Kier molecular flexibility index (Phi) is 2.18. The molecule has 0 fully saturated rings. The summed E-state index contributed by atoms with van der Waals surface area (Å²) in [6, 6.07) is 0. The first-order valence-corrected chi connectivity index (χ1v) is 5.06. The van der Waals surface area contributed by atoms with E-state index in [0.29, 0.717) is 0 Å². The summed E-state index contributed by atoms with van der Waals surface area (Å²) in [5.74, 6) is 1.01. The van der Waals surface area contributed by atoms with Crippen LogP contribution in [0, 0.1) is 0 Å². The van der Waals surface area contributed by atoms with Crippen LogP contribution < -0.4 is 0 Å². The highest BCUT2D eigenvalue weighted by Crippen LogP contribution is 2.22. The third-order valence-electron chi connectivity index (χ3n) is 1.76. The molecular weight excluding hydrogens is 184 g/mol. The van der Waals surface area contributed by atoms with Crippen LogP contribution in [0.2, 0.25) is 0 Å². The normalized spacial score (nSPS) is 10.9. The van der Waals surface area contributed by atoms with Crippen LogP contribution in [0.4, 0.5) is 0 Å². The van der Waals surface area contributed by atoms with Crippen molar-refractivity contribution in [1.82, 2.24) is 19.5 Å². The number of rotatable bonds is 2. The predicted molar refractivity (Wildman–Crippen MR) is 52.7 cm³/mol. The Morgan fingerprint density at radius 2 is 2.23 bits per heavy atom. The molecule has 2 heterocycles. The summed E-state index contributed by atoms with van der Waals surface area (Å²) in [6.07, 6.45) is 3.33. The summed E-state index contributed by atoms with van der Waals surface area (Å²) in [6.45, 7) is 2.11. The Labute approximate surface area is 80.4 Å². The molecule has 13 heavy (non-hydrogen) atoms. The highest BCUT2D eigenvalue weighted by Gasteiger charge is 2.07. The van der Waals surface area contributed by atoms with Crippen molar-refractivity contribution in [1.29, 1.82) is 0 Å². The fraction of sp³-hybridized carbons (Fsp3) is 0.375. The largest absolute Gasteiger partial charge is 0.330 e. The summed E-state index contributed by atoms with van der Waals surface area (Å²) in [7, 11) is 1.96. The first kappa shape index (κ1) is 8.50. The van der Waals surface area contributed by atoms with Gasteiger partial charge in [0, 0.05) is 7.05 Å². The predicted octanol–water partition coefficient (Wildman–Crippen LogP) is 1.48. The number of hydrogen-bond donors (Lipinski definition) is 0. The lowest BCUT2D eigenvalue weighted by Gasteiger charge is -2.00. The maximum atomic E-state index is 4.22. The molecular formula is C8H10N4S. The molecule has 0 aliphatic carbocycles. The van der Waals surface area contributed by atoms with Crippen LogP contribution >= 0.6 is 11.8 Å². The van der Waals surface area contributed by atoms with Crippen LogP contribution in [0.15, 0.2) is 17.7 Å². The molecule has 0 radical (unpaired) electrons. The zero-order valence-corrected chi connectivity index (χ0v) is 8.38. The van der Waals surface area contributed by atoms with Crippen molar-refractivity contribution in [2.45, 2.75) is 11.9 Å². The average Bonchev–Trinajstić information content (AvgIpc) is 2.50. The van der Waals surface area contributed by atoms with E-state index in [2.05, 4.69) is 21.9 Å². The number of aryl methyl sites for hydroxylation is 1. The molecule has 0 unspecified atom stereocenters. The molecule has 0 aliphatic rings. The SMILES string of the molecule is CCSc1ncnc2ncn(C)c12. The Balaban J connectivity index is 2.65. The van der Waals surface area contributed by atoms with Gasteiger partial charge in [0.15, 0.2) is 5.65 Å². The van der Waals surface area contributed by atoms with Crippen LogP contribution in [-0.2, 0) is 7.05 Å². The van der Waals surface area contributed by atoms with Crippen molar-refractivity contribution >= 4 is 22.9 Å². The van der Waals surface area contributed by atoms with Crippen molar-refractivity contribution in [3.05, 3.63) is 12.7 Å². The van der Waals surface area contributed by atoms with Crippen LogP contribution in [-0.4, -0.2) is 25.3 Å². The van der Waals surface area contributed by atoms with E-state index in [4.69, 9.17) is 0 Å². The van der Waals surface area contributed by atoms with Crippen molar-refractivity contribution in [3.63, 3.8) is 0 Å². The van der Waals surface area contributed by atoms with E-state index in [1.807, 2.05) is 11.6 Å². The Morgan fingerprint density at radius 3 is 3.00 bits per heavy atom. The number of imidazole rings is 1. The molecule has 0 spiro atoms. The second-order valence-corrected chi connectivity index (χ2v) is 3.89. The maximum absolute atomic E-state index is 4.22. The van der Waals surface area contributed by atoms with Gasteiger partial charge in [-0.2, -0.15) is 0 Å². The Bertz CT molecular complexity index is 423. The highest BCUT2D eigenvalue weighted by atomic mass is 32.2. The summed E-state index contributed by atoms with van der Waals surface area (Å²) in [4.78, 5) is 12.5. The molecule has 0 saturated carbocycles. The van der Waals surface area contributed by atoms with E-state index < -0.39 is 0 Å². The second-order valence-electron chi connectivity index (χ2n) is 2.64. The van der Waals surface area contributed by atoms with Crippen molar-refractivity contribution in [2.24, 2.45) is 7.05 Å². The van der Waals surface area contributed by atoms with Crippen LogP contribution in [0.1, 0.15) is 6.92 Å². The van der Waals surface area contributed by atoms with E-state index in [9.17, 15) is 0 Å². The van der Waals surface area contributed by atoms with Gasteiger partial charge in [0.2, 0.25) is 0 Å². The van der Waals surface area contributed by atoms with Gasteiger partial charge in [-0.15, -0.1) is 11.8 Å². The fourth-order valence-corrected chi connectivity index (χ4v) is 1.97. The molecule has 0 bridgehead atoms. The number of hydrogen-bond acceptors (Lipinski definition) is 4. The van der Waals surface area contributed by atoms with Crippen molar-refractivity contribution in [3.8, 4) is 0 Å². The Morgan fingerprint density at radius 1 is 1.38 bits per heavy atom. The van der Waals surface area contributed by atoms with Gasteiger partial charge >= 0.3 is 0 Å². The maximum Gasteiger partial charge on any atom is 0.181 e. The molecule has 5 heteroatoms. The van der Waals surface area contributed by atoms with E-state index in [1.54, 1.807) is 24.4 Å². The minimum absolute atomic E-state index is 0.772. The molecule has 0 saturated heterocycles. The monoisotopic (exact) mass is 194 g/mol. The van der Waals surface area contributed by atoms with Crippen molar-refractivity contribution in [2.75, 3.05) is 5.75 Å². The zero-order chi connectivity index (χ0) is 9.26. The first-order valence-electron chi connectivity index (χ1n) is 4.07. The molecule has 0 aromatic carbocycles. The van der Waals surface area contributed by atoms with Gasteiger partial charge in [-0.25, -0.2) is 15.0 Å². The average molecular weight is 194 g/mol. The smallest absolute Gasteiger partial charge is 0.181 e. The molecule has 0 atom stereocenters. The molecule has 4 nitrogen and oxygen atoms in total. The third-order valence-corrected chi connectivity index (χ3v) is 2.62. The van der Waals surface area contributed by atoms with Crippen LogP contribution in [0.3, 0.4) is 0 Å². The van der Waals surface area contributed by atoms with Gasteiger partial charge < -0.3 is 4.57 Å². The number of aromatic nitrogens is 4. The lowest BCUT2D eigenvalue weighted by Crippen LogP contribution is -1.91. The number of nitrogens with zero attached hydrogens (tertiary/aromatic N) is 4. The van der Waals surface area contributed by atoms with Crippen LogP contribution in [0.5, 0.6) is 0 Å². The van der Waals surface area contributed by atoms with Gasteiger partial charge in [0.05, 0.1) is 6.33 Å². The van der Waals surface area contributed by atoms with Gasteiger partial charge in [-0.05, 0) is 5.75 Å². The molecule has 0 N–H and O–H groups in total. The summed E-state index contributed by atoms with van der Waals surface area (Å²) >= 11 is 1.71. The van der Waals surface area contributed by atoms with Gasteiger partial charge in [-0.1, -0.05) is 6.92 Å². The van der Waals surface area contributed by atoms with Crippen LogP contribution in [0.25, 0.3) is 11.2 Å². The molecule has 68 valence electrons. The Hall–Kier alpha value is -1.10. The number of fused-ring (bicyclic) bond motifs is 1. The standard InChI is InChI=1S/C8H10N4S/c1-3-13-8-6-7(9-4-10-8)11-5-12(6)2/h4-5H,3H2,1-2H3. The lowest BCUT2D eigenvalue weighted by molar-refractivity contribution is 0.924. The first-order chi connectivity index (χ1) is 6.33. The summed E-state index contributed by atoms with van der Waals surface area (Å²) < 4.78 is 1.95. The van der Waals surface area contributed by atoms with E-state index >= 15 is 0 Å². The molecule has 2 rings (SSSR count). The van der Waals surface area contributed by atoms with Crippen molar-refractivity contribution < 1.29 is 0 Å². The van der Waals surface area contributed by atoms with E-state index in [1.165, 1.54) is 0 Å². The number of thioether (sulfide) groups is 1. The summed E-state index contributed by atoms with van der Waals surface area (Å²) in [5, 5.41) is 1.01. The van der Waals surface area contributed by atoms with Gasteiger partial charge in [-0.3, -0.25) is 0 Å². The summed E-state index contributed by atoms with van der Waals surface area (Å²) in [5.41, 5.74) is 1.79. The van der Waals surface area contributed by atoms with Gasteiger partial charge in [0.1, 0.15) is 16.9 Å². The molecule has 0 amide bonds. The molecule has 2 aromatic rings. The quantitative estimate of drug-likeness (QED) is 0.536. The molecule has 0 aliphatic heterocycles.